The maximum Gasteiger partial charge on any atom is 0.225 e. The maximum absolute atomic E-state index is 11.5. The molecule has 2 rings (SSSR count). The molecule has 0 radical (unpaired) electrons. The van der Waals surface area contributed by atoms with E-state index in [1.807, 2.05) is 18.2 Å². The van der Waals surface area contributed by atoms with Gasteiger partial charge in [0.25, 0.3) is 0 Å². The van der Waals surface area contributed by atoms with Crippen molar-refractivity contribution >= 4 is 17.5 Å². The summed E-state index contributed by atoms with van der Waals surface area (Å²) >= 11 is 6.03. The van der Waals surface area contributed by atoms with E-state index >= 15 is 0 Å². The fourth-order valence-corrected chi connectivity index (χ4v) is 2.04. The van der Waals surface area contributed by atoms with Gasteiger partial charge in [-0.1, -0.05) is 11.6 Å². The van der Waals surface area contributed by atoms with Crippen LogP contribution in [0, 0.1) is 0 Å². The fourth-order valence-electron chi connectivity index (χ4n) is 1.84. The van der Waals surface area contributed by atoms with Crippen molar-refractivity contribution in [2.75, 3.05) is 20.7 Å². The minimum atomic E-state index is 0.0663. The third-order valence-corrected chi connectivity index (χ3v) is 3.49. The van der Waals surface area contributed by atoms with E-state index in [2.05, 4.69) is 5.32 Å². The van der Waals surface area contributed by atoms with Gasteiger partial charge in [0, 0.05) is 37.3 Å². The van der Waals surface area contributed by atoms with Crippen molar-refractivity contribution in [1.82, 2.24) is 10.2 Å². The lowest BCUT2D eigenvalue weighted by molar-refractivity contribution is -0.129. The third kappa shape index (κ3) is 4.69. The molecular formula is C15H21ClN2O2. The van der Waals surface area contributed by atoms with Gasteiger partial charge in [-0.2, -0.15) is 0 Å². The van der Waals surface area contributed by atoms with Gasteiger partial charge in [-0.25, -0.2) is 0 Å². The molecule has 5 heteroatoms. The van der Waals surface area contributed by atoms with E-state index in [9.17, 15) is 4.79 Å². The maximum atomic E-state index is 11.5. The first-order chi connectivity index (χ1) is 9.56. The second kappa shape index (κ2) is 6.95. The molecule has 1 aromatic carbocycles. The van der Waals surface area contributed by atoms with Crippen LogP contribution in [-0.4, -0.2) is 37.6 Å². The first-order valence-corrected chi connectivity index (χ1v) is 7.29. The van der Waals surface area contributed by atoms with Crippen LogP contribution in [0.15, 0.2) is 18.2 Å². The number of ether oxygens (including phenoxy) is 1. The molecule has 0 spiro atoms. The van der Waals surface area contributed by atoms with Crippen LogP contribution in [0.4, 0.5) is 0 Å². The minimum absolute atomic E-state index is 0.0663. The van der Waals surface area contributed by atoms with Crippen molar-refractivity contribution in [3.05, 3.63) is 28.8 Å². The van der Waals surface area contributed by atoms with Gasteiger partial charge in [0.05, 0.1) is 13.0 Å². The van der Waals surface area contributed by atoms with Crippen LogP contribution in [0.1, 0.15) is 24.8 Å². The van der Waals surface area contributed by atoms with Crippen molar-refractivity contribution < 1.29 is 9.53 Å². The number of nitrogens with zero attached hydrogens (tertiary/aromatic N) is 1. The van der Waals surface area contributed by atoms with Crippen LogP contribution < -0.4 is 10.1 Å². The highest BCUT2D eigenvalue weighted by Gasteiger charge is 2.20. The van der Waals surface area contributed by atoms with Crippen LogP contribution >= 0.6 is 11.6 Å². The predicted molar refractivity (Wildman–Crippen MR) is 80.1 cm³/mol. The van der Waals surface area contributed by atoms with E-state index < -0.39 is 0 Å². The second-order valence-corrected chi connectivity index (χ2v) is 5.73. The lowest BCUT2D eigenvalue weighted by atomic mass is 10.2. The number of nitrogens with one attached hydrogen (secondary N) is 1. The summed E-state index contributed by atoms with van der Waals surface area (Å²) in [5.41, 5.74) is 1.04. The highest BCUT2D eigenvalue weighted by molar-refractivity contribution is 6.30. The summed E-state index contributed by atoms with van der Waals surface area (Å²) in [7, 11) is 3.49. The number of hydrogen-bond donors (Lipinski definition) is 1. The summed E-state index contributed by atoms with van der Waals surface area (Å²) in [5, 5.41) is 4.15. The van der Waals surface area contributed by atoms with Crippen LogP contribution in [-0.2, 0) is 11.3 Å². The molecule has 1 aromatic rings. The van der Waals surface area contributed by atoms with E-state index in [1.54, 1.807) is 19.0 Å². The molecule has 0 unspecified atom stereocenters. The average molecular weight is 297 g/mol. The van der Waals surface area contributed by atoms with Gasteiger partial charge in [0.1, 0.15) is 5.75 Å². The van der Waals surface area contributed by atoms with Crippen molar-refractivity contribution in [3.8, 4) is 5.75 Å². The normalized spacial score (nSPS) is 14.2. The Hall–Kier alpha value is -1.26. The van der Waals surface area contributed by atoms with Crippen LogP contribution in [0.25, 0.3) is 0 Å². The number of amides is 1. The molecule has 0 heterocycles. The van der Waals surface area contributed by atoms with Gasteiger partial charge in [-0.15, -0.1) is 0 Å². The van der Waals surface area contributed by atoms with E-state index in [4.69, 9.17) is 16.3 Å². The van der Waals surface area contributed by atoms with Gasteiger partial charge < -0.3 is 15.0 Å². The van der Waals surface area contributed by atoms with E-state index in [-0.39, 0.29) is 5.91 Å². The molecule has 0 saturated heterocycles. The Morgan fingerprint density at radius 2 is 2.20 bits per heavy atom. The Balaban J connectivity index is 1.89. The number of hydrogen-bond acceptors (Lipinski definition) is 3. The third-order valence-electron chi connectivity index (χ3n) is 3.25. The standard InChI is InChI=1S/C15H21ClN2O2/c1-18(2)15(19)7-8-20-14-6-3-12(16)9-11(14)10-17-13-4-5-13/h3,6,9,13,17H,4-5,7-8,10H2,1-2H3. The van der Waals surface area contributed by atoms with Crippen molar-refractivity contribution in [2.45, 2.75) is 31.8 Å². The zero-order valence-electron chi connectivity index (χ0n) is 12.0. The molecule has 1 saturated carbocycles. The lowest BCUT2D eigenvalue weighted by Crippen LogP contribution is -2.23. The molecule has 0 bridgehead atoms. The molecule has 1 N–H and O–H groups in total. The monoisotopic (exact) mass is 296 g/mol. The number of halogens is 1. The molecule has 110 valence electrons. The molecule has 1 aliphatic rings. The summed E-state index contributed by atoms with van der Waals surface area (Å²) in [5.74, 6) is 0.866. The lowest BCUT2D eigenvalue weighted by Gasteiger charge is -2.14. The molecule has 20 heavy (non-hydrogen) atoms. The van der Waals surface area contributed by atoms with Crippen molar-refractivity contribution in [2.24, 2.45) is 0 Å². The Bertz CT molecular complexity index is 473. The largest absolute Gasteiger partial charge is 0.493 e. The average Bonchev–Trinajstić information content (AvgIpc) is 3.22. The summed E-state index contributed by atoms with van der Waals surface area (Å²) in [6.07, 6.45) is 2.87. The van der Waals surface area contributed by atoms with Gasteiger partial charge >= 0.3 is 0 Å². The van der Waals surface area contributed by atoms with E-state index in [0.29, 0.717) is 24.1 Å². The Morgan fingerprint density at radius 1 is 1.45 bits per heavy atom. The van der Waals surface area contributed by atoms with Gasteiger partial charge in [-0.3, -0.25) is 4.79 Å². The van der Waals surface area contributed by atoms with Crippen molar-refractivity contribution in [3.63, 3.8) is 0 Å². The summed E-state index contributed by atoms with van der Waals surface area (Å²) in [6.45, 7) is 1.14. The summed E-state index contributed by atoms with van der Waals surface area (Å²) in [4.78, 5) is 13.1. The molecule has 4 nitrogen and oxygen atoms in total. The molecule has 0 atom stereocenters. The Kier molecular flexibility index (Phi) is 5.26. The predicted octanol–water partition coefficient (Wildman–Crippen LogP) is 2.45. The van der Waals surface area contributed by atoms with E-state index in [1.165, 1.54) is 12.8 Å². The first-order valence-electron chi connectivity index (χ1n) is 6.91. The number of carbonyl (C=O) groups excluding carboxylic acids is 1. The first kappa shape index (κ1) is 15.1. The van der Waals surface area contributed by atoms with E-state index in [0.717, 1.165) is 17.9 Å². The molecule has 0 aliphatic heterocycles. The zero-order valence-corrected chi connectivity index (χ0v) is 12.7. The summed E-state index contributed by atoms with van der Waals surface area (Å²) in [6, 6.07) is 6.23. The van der Waals surface area contributed by atoms with Gasteiger partial charge in [0.2, 0.25) is 5.91 Å². The second-order valence-electron chi connectivity index (χ2n) is 5.29. The van der Waals surface area contributed by atoms with Gasteiger partial charge in [-0.05, 0) is 31.0 Å². The number of rotatable bonds is 7. The topological polar surface area (TPSA) is 41.6 Å². The van der Waals surface area contributed by atoms with Crippen LogP contribution in [0.2, 0.25) is 5.02 Å². The molecule has 0 aromatic heterocycles. The Morgan fingerprint density at radius 3 is 2.85 bits per heavy atom. The fraction of sp³-hybridized carbons (Fsp3) is 0.533. The molecular weight excluding hydrogens is 276 g/mol. The smallest absolute Gasteiger partial charge is 0.225 e. The quantitative estimate of drug-likeness (QED) is 0.840. The zero-order chi connectivity index (χ0) is 14.5. The number of benzene rings is 1. The van der Waals surface area contributed by atoms with Crippen LogP contribution in [0.3, 0.4) is 0 Å². The van der Waals surface area contributed by atoms with Crippen LogP contribution in [0.5, 0.6) is 5.75 Å². The highest BCUT2D eigenvalue weighted by atomic mass is 35.5. The highest BCUT2D eigenvalue weighted by Crippen LogP contribution is 2.25. The SMILES string of the molecule is CN(C)C(=O)CCOc1ccc(Cl)cc1CNC1CC1. The molecule has 1 aliphatic carbocycles. The molecule has 1 fully saturated rings. The van der Waals surface area contributed by atoms with Crippen molar-refractivity contribution in [1.29, 1.82) is 0 Å². The van der Waals surface area contributed by atoms with Gasteiger partial charge in [0.15, 0.2) is 0 Å². The minimum Gasteiger partial charge on any atom is -0.493 e. The molecule has 1 amide bonds. The Labute approximate surface area is 125 Å². The number of carbonyl (C=O) groups is 1. The summed E-state index contributed by atoms with van der Waals surface area (Å²) < 4.78 is 5.72.